The van der Waals surface area contributed by atoms with E-state index in [0.717, 1.165) is 6.54 Å². The van der Waals surface area contributed by atoms with Crippen molar-refractivity contribution in [3.8, 4) is 6.07 Å². The lowest BCUT2D eigenvalue weighted by Crippen LogP contribution is -2.39. The summed E-state index contributed by atoms with van der Waals surface area (Å²) in [5, 5.41) is 9.10. The van der Waals surface area contributed by atoms with Crippen LogP contribution in [0.15, 0.2) is 24.3 Å². The van der Waals surface area contributed by atoms with Crippen molar-refractivity contribution >= 4 is 0 Å². The van der Waals surface area contributed by atoms with Crippen LogP contribution in [0.4, 0.5) is 0 Å². The molecule has 0 amide bonds. The molecule has 0 aromatic heterocycles. The molecule has 0 aliphatic rings. The van der Waals surface area contributed by atoms with Crippen molar-refractivity contribution in [1.29, 1.82) is 5.26 Å². The lowest BCUT2D eigenvalue weighted by Gasteiger charge is -2.29. The van der Waals surface area contributed by atoms with E-state index in [-0.39, 0.29) is 5.41 Å². The van der Waals surface area contributed by atoms with Crippen molar-refractivity contribution in [3.05, 3.63) is 35.4 Å². The minimum atomic E-state index is -0.428. The van der Waals surface area contributed by atoms with Crippen LogP contribution in [0.3, 0.4) is 0 Å². The minimum absolute atomic E-state index is 0.191. The molecule has 0 unspecified atom stereocenters. The highest BCUT2D eigenvalue weighted by Gasteiger charge is 2.22. The van der Waals surface area contributed by atoms with E-state index in [9.17, 15) is 0 Å². The highest BCUT2D eigenvalue weighted by atomic mass is 15.2. The highest BCUT2D eigenvalue weighted by molar-refractivity contribution is 5.27. The molecule has 0 bridgehead atoms. The topological polar surface area (TPSA) is 27.0 Å². The number of hydrogen-bond acceptors (Lipinski definition) is 2. The Morgan fingerprint density at radius 3 is 1.94 bits per heavy atom. The molecule has 0 aliphatic heterocycles. The standard InChI is InChI=1S/C16H24N2/c1-15(2,3)14-9-7-13(8-10-14)11-18(6)16(4,5)12-17/h7-10H,11H2,1-6H3. The van der Waals surface area contributed by atoms with Crippen LogP contribution < -0.4 is 0 Å². The second-order valence-electron chi connectivity index (χ2n) is 6.47. The Kier molecular flexibility index (Phi) is 4.19. The smallest absolute Gasteiger partial charge is 0.103 e. The van der Waals surface area contributed by atoms with Gasteiger partial charge in [-0.15, -0.1) is 0 Å². The Bertz CT molecular complexity index is 430. The lowest BCUT2D eigenvalue weighted by atomic mass is 9.86. The van der Waals surface area contributed by atoms with Gasteiger partial charge in [-0.05, 0) is 37.4 Å². The molecule has 1 aromatic rings. The third kappa shape index (κ3) is 3.58. The fourth-order valence-corrected chi connectivity index (χ4v) is 1.67. The maximum Gasteiger partial charge on any atom is 0.103 e. The van der Waals surface area contributed by atoms with Crippen LogP contribution in [0.1, 0.15) is 45.7 Å². The molecule has 0 heterocycles. The van der Waals surface area contributed by atoms with Crippen LogP contribution in [0, 0.1) is 11.3 Å². The summed E-state index contributed by atoms with van der Waals surface area (Å²) < 4.78 is 0. The predicted molar refractivity (Wildman–Crippen MR) is 76.3 cm³/mol. The van der Waals surface area contributed by atoms with Gasteiger partial charge in [0.1, 0.15) is 5.54 Å². The fraction of sp³-hybridized carbons (Fsp3) is 0.562. The van der Waals surface area contributed by atoms with Gasteiger partial charge in [0.2, 0.25) is 0 Å². The maximum atomic E-state index is 9.10. The Balaban J connectivity index is 2.80. The van der Waals surface area contributed by atoms with E-state index in [1.807, 2.05) is 20.9 Å². The normalized spacial score (nSPS) is 12.6. The summed E-state index contributed by atoms with van der Waals surface area (Å²) in [6, 6.07) is 11.0. The summed E-state index contributed by atoms with van der Waals surface area (Å²) in [6.07, 6.45) is 0. The average molecular weight is 244 g/mol. The zero-order valence-electron chi connectivity index (χ0n) is 12.4. The van der Waals surface area contributed by atoms with Gasteiger partial charge in [-0.2, -0.15) is 5.26 Å². The molecule has 0 spiro atoms. The molecule has 2 heteroatoms. The van der Waals surface area contributed by atoms with E-state index in [1.54, 1.807) is 0 Å². The van der Waals surface area contributed by atoms with Crippen LogP contribution in [0.2, 0.25) is 0 Å². The highest BCUT2D eigenvalue weighted by Crippen LogP contribution is 2.23. The monoisotopic (exact) mass is 244 g/mol. The molecular formula is C16H24N2. The Morgan fingerprint density at radius 2 is 1.56 bits per heavy atom. The second kappa shape index (κ2) is 5.12. The first kappa shape index (κ1) is 14.7. The molecule has 2 nitrogen and oxygen atoms in total. The van der Waals surface area contributed by atoms with Crippen LogP contribution in [0.5, 0.6) is 0 Å². The number of hydrogen-bond donors (Lipinski definition) is 0. The van der Waals surface area contributed by atoms with Crippen LogP contribution in [-0.4, -0.2) is 17.5 Å². The zero-order valence-corrected chi connectivity index (χ0v) is 12.4. The molecule has 0 aliphatic carbocycles. The van der Waals surface area contributed by atoms with E-state index < -0.39 is 5.54 Å². The molecule has 98 valence electrons. The molecule has 0 saturated carbocycles. The van der Waals surface area contributed by atoms with E-state index in [4.69, 9.17) is 5.26 Å². The lowest BCUT2D eigenvalue weighted by molar-refractivity contribution is 0.203. The largest absolute Gasteiger partial charge is 0.285 e. The van der Waals surface area contributed by atoms with Gasteiger partial charge >= 0.3 is 0 Å². The van der Waals surface area contributed by atoms with E-state index >= 15 is 0 Å². The molecule has 1 aromatic carbocycles. The molecule has 0 N–H and O–H groups in total. The summed E-state index contributed by atoms with van der Waals surface area (Å²) in [5.41, 5.74) is 2.35. The third-order valence-corrected chi connectivity index (χ3v) is 3.47. The number of benzene rings is 1. The molecule has 0 atom stereocenters. The summed E-state index contributed by atoms with van der Waals surface area (Å²) in [6.45, 7) is 11.3. The summed E-state index contributed by atoms with van der Waals surface area (Å²) in [5.74, 6) is 0. The van der Waals surface area contributed by atoms with E-state index in [2.05, 4.69) is 56.0 Å². The molecule has 0 fully saturated rings. The van der Waals surface area contributed by atoms with Gasteiger partial charge in [-0.3, -0.25) is 4.90 Å². The number of nitriles is 1. The molecule has 1 rings (SSSR count). The van der Waals surface area contributed by atoms with Gasteiger partial charge in [0.15, 0.2) is 0 Å². The molecule has 0 radical (unpaired) electrons. The van der Waals surface area contributed by atoms with Crippen molar-refractivity contribution in [3.63, 3.8) is 0 Å². The van der Waals surface area contributed by atoms with Gasteiger partial charge in [-0.1, -0.05) is 45.0 Å². The zero-order chi connectivity index (χ0) is 14.0. The fourth-order valence-electron chi connectivity index (χ4n) is 1.67. The van der Waals surface area contributed by atoms with Gasteiger partial charge in [0, 0.05) is 6.54 Å². The van der Waals surface area contributed by atoms with E-state index in [0.29, 0.717) is 0 Å². The van der Waals surface area contributed by atoms with Crippen molar-refractivity contribution in [2.75, 3.05) is 7.05 Å². The first-order valence-electron chi connectivity index (χ1n) is 6.39. The SMILES string of the molecule is CN(Cc1ccc(C(C)(C)C)cc1)C(C)(C)C#N. The van der Waals surface area contributed by atoms with Crippen LogP contribution in [0.25, 0.3) is 0 Å². The molecule has 0 saturated heterocycles. The summed E-state index contributed by atoms with van der Waals surface area (Å²) in [7, 11) is 1.99. The Labute approximate surface area is 111 Å². The number of rotatable bonds is 3. The van der Waals surface area contributed by atoms with Gasteiger partial charge < -0.3 is 0 Å². The van der Waals surface area contributed by atoms with Crippen LogP contribution in [-0.2, 0) is 12.0 Å². The first-order chi connectivity index (χ1) is 8.16. The quantitative estimate of drug-likeness (QED) is 0.810. The van der Waals surface area contributed by atoms with Crippen molar-refractivity contribution in [2.45, 2.75) is 52.1 Å². The van der Waals surface area contributed by atoms with Crippen LogP contribution >= 0.6 is 0 Å². The maximum absolute atomic E-state index is 9.10. The predicted octanol–water partition coefficient (Wildman–Crippen LogP) is 3.72. The minimum Gasteiger partial charge on any atom is -0.285 e. The van der Waals surface area contributed by atoms with Crippen molar-refractivity contribution < 1.29 is 0 Å². The average Bonchev–Trinajstić information content (AvgIpc) is 2.28. The molecule has 18 heavy (non-hydrogen) atoms. The van der Waals surface area contributed by atoms with Crippen molar-refractivity contribution in [2.24, 2.45) is 0 Å². The first-order valence-corrected chi connectivity index (χ1v) is 6.39. The summed E-state index contributed by atoms with van der Waals surface area (Å²) >= 11 is 0. The van der Waals surface area contributed by atoms with Gasteiger partial charge in [0.25, 0.3) is 0 Å². The second-order valence-corrected chi connectivity index (χ2v) is 6.47. The third-order valence-electron chi connectivity index (χ3n) is 3.47. The van der Waals surface area contributed by atoms with Gasteiger partial charge in [0.05, 0.1) is 6.07 Å². The van der Waals surface area contributed by atoms with E-state index in [1.165, 1.54) is 11.1 Å². The molecular weight excluding hydrogens is 220 g/mol. The Morgan fingerprint density at radius 1 is 1.06 bits per heavy atom. The Hall–Kier alpha value is -1.33. The number of nitrogens with zero attached hydrogens (tertiary/aromatic N) is 2. The van der Waals surface area contributed by atoms with Gasteiger partial charge in [-0.25, -0.2) is 0 Å². The summed E-state index contributed by atoms with van der Waals surface area (Å²) in [4.78, 5) is 2.07. The van der Waals surface area contributed by atoms with Crippen molar-refractivity contribution in [1.82, 2.24) is 4.90 Å².